The van der Waals surface area contributed by atoms with Crippen molar-refractivity contribution in [3.05, 3.63) is 89.4 Å². The zero-order chi connectivity index (χ0) is 34.8. The number of ether oxygens (including phenoxy) is 1. The van der Waals surface area contributed by atoms with E-state index in [0.29, 0.717) is 39.5 Å². The Morgan fingerprint density at radius 2 is 1.92 bits per heavy atom. The summed E-state index contributed by atoms with van der Waals surface area (Å²) in [6, 6.07) is 17.6. The predicted molar refractivity (Wildman–Crippen MR) is 188 cm³/mol. The maximum absolute atomic E-state index is 16.8. The Balaban J connectivity index is 1.27. The summed E-state index contributed by atoms with van der Waals surface area (Å²) < 4.78 is 38.1. The fourth-order valence-corrected chi connectivity index (χ4v) is 7.04. The predicted octanol–water partition coefficient (Wildman–Crippen LogP) is 6.45. The van der Waals surface area contributed by atoms with Gasteiger partial charge in [0.25, 0.3) is 5.91 Å². The number of pyridine rings is 2. The monoisotopic (exact) mass is 694 g/mol. The molecule has 5 aromatic rings. The van der Waals surface area contributed by atoms with Crippen molar-refractivity contribution in [1.82, 2.24) is 29.7 Å². The van der Waals surface area contributed by atoms with Crippen molar-refractivity contribution in [1.29, 1.82) is 5.26 Å². The van der Waals surface area contributed by atoms with Crippen LogP contribution in [0.3, 0.4) is 0 Å². The van der Waals surface area contributed by atoms with Crippen molar-refractivity contribution >= 4 is 51.1 Å². The quantitative estimate of drug-likeness (QED) is 0.169. The molecule has 2 aliphatic heterocycles. The van der Waals surface area contributed by atoms with Gasteiger partial charge in [-0.3, -0.25) is 14.8 Å². The normalized spacial score (nSPS) is 18.5. The number of carbonyl (C=O) groups is 1. The van der Waals surface area contributed by atoms with Gasteiger partial charge in [0, 0.05) is 60.1 Å². The third-order valence-electron chi connectivity index (χ3n) is 9.37. The van der Waals surface area contributed by atoms with E-state index in [1.54, 1.807) is 30.3 Å². The van der Waals surface area contributed by atoms with Gasteiger partial charge in [-0.1, -0.05) is 48.0 Å². The standard InChI is InChI=1S/C37H33ClF2N8O2/c1-46-16-6-10-26(46)22-50-37-44-34-28(20-43-33(32(34)40)27-11-4-7-23-8-5-12-29(38)31(23)27)35(45-37)47-17-18-48(25(21-47)13-14-41)36(49)30(39)19-24-9-2-3-15-42-24/h2-5,7-9,11-12,15,19-20,25-26H,6,10,13,16-18,21-22H2,1H3/b30-19-. The molecule has 5 heterocycles. The summed E-state index contributed by atoms with van der Waals surface area (Å²) in [6.45, 7) is 1.72. The first kappa shape index (κ1) is 33.3. The number of amides is 1. The van der Waals surface area contributed by atoms with Gasteiger partial charge in [0.1, 0.15) is 23.6 Å². The second-order valence-corrected chi connectivity index (χ2v) is 12.9. The molecule has 50 heavy (non-hydrogen) atoms. The van der Waals surface area contributed by atoms with E-state index in [4.69, 9.17) is 21.3 Å². The van der Waals surface area contributed by atoms with Gasteiger partial charge in [0.05, 0.1) is 29.6 Å². The molecule has 10 nitrogen and oxygen atoms in total. The average Bonchev–Trinajstić information content (AvgIpc) is 3.55. The van der Waals surface area contributed by atoms with Crippen molar-refractivity contribution in [2.45, 2.75) is 31.3 Å². The first-order valence-electron chi connectivity index (χ1n) is 16.4. The number of benzene rings is 2. The first-order chi connectivity index (χ1) is 24.3. The fraction of sp³-hybridized carbons (Fsp3) is 0.297. The lowest BCUT2D eigenvalue weighted by Crippen LogP contribution is -2.55. The van der Waals surface area contributed by atoms with Crippen LogP contribution in [0.4, 0.5) is 14.6 Å². The highest BCUT2D eigenvalue weighted by atomic mass is 35.5. The number of hydrogen-bond acceptors (Lipinski definition) is 9. The first-order valence-corrected chi connectivity index (χ1v) is 16.8. The Hall–Kier alpha value is -5.25. The summed E-state index contributed by atoms with van der Waals surface area (Å²) in [7, 11) is 2.03. The van der Waals surface area contributed by atoms with Crippen LogP contribution in [0.25, 0.3) is 39.0 Å². The van der Waals surface area contributed by atoms with Crippen molar-refractivity contribution in [3.8, 4) is 23.3 Å². The minimum Gasteiger partial charge on any atom is -0.462 e. The van der Waals surface area contributed by atoms with E-state index < -0.39 is 23.6 Å². The lowest BCUT2D eigenvalue weighted by Gasteiger charge is -2.41. The van der Waals surface area contributed by atoms with Crippen LogP contribution in [0.5, 0.6) is 6.01 Å². The molecule has 2 aliphatic rings. The molecule has 254 valence electrons. The summed E-state index contributed by atoms with van der Waals surface area (Å²) in [4.78, 5) is 36.6. The number of likely N-dealkylation sites (N-methyl/N-ethyl adjacent to an activating group) is 1. The van der Waals surface area contributed by atoms with E-state index in [0.717, 1.165) is 30.8 Å². The molecule has 0 bridgehead atoms. The van der Waals surface area contributed by atoms with Crippen LogP contribution in [0.2, 0.25) is 5.02 Å². The Bertz CT molecular complexity index is 2140. The number of anilines is 1. The fourth-order valence-electron chi connectivity index (χ4n) is 6.75. The van der Waals surface area contributed by atoms with Crippen LogP contribution < -0.4 is 9.64 Å². The molecule has 2 aromatic carbocycles. The van der Waals surface area contributed by atoms with Gasteiger partial charge in [0.15, 0.2) is 11.6 Å². The smallest absolute Gasteiger partial charge is 0.319 e. The third-order valence-corrected chi connectivity index (χ3v) is 9.68. The number of nitrogens with zero attached hydrogens (tertiary/aromatic N) is 8. The molecule has 13 heteroatoms. The summed E-state index contributed by atoms with van der Waals surface area (Å²) in [5.74, 6) is -2.13. The highest BCUT2D eigenvalue weighted by molar-refractivity contribution is 6.36. The van der Waals surface area contributed by atoms with Gasteiger partial charge >= 0.3 is 6.01 Å². The highest BCUT2D eigenvalue weighted by Crippen LogP contribution is 2.38. The number of nitriles is 1. The summed E-state index contributed by atoms with van der Waals surface area (Å²) in [6.07, 6.45) is 6.06. The minimum absolute atomic E-state index is 0.000481. The summed E-state index contributed by atoms with van der Waals surface area (Å²) >= 11 is 6.60. The molecule has 7 rings (SSSR count). The number of carbonyl (C=O) groups excluding carboxylic acids is 1. The minimum atomic E-state index is -0.979. The number of aromatic nitrogens is 4. The Morgan fingerprint density at radius 1 is 1.08 bits per heavy atom. The highest BCUT2D eigenvalue weighted by Gasteiger charge is 2.34. The summed E-state index contributed by atoms with van der Waals surface area (Å²) in [5, 5.41) is 12.0. The van der Waals surface area contributed by atoms with Crippen LogP contribution >= 0.6 is 11.6 Å². The van der Waals surface area contributed by atoms with Crippen molar-refractivity contribution in [2.24, 2.45) is 0 Å². The number of rotatable bonds is 8. The van der Waals surface area contributed by atoms with Gasteiger partial charge in [-0.05, 0) is 50.0 Å². The number of likely N-dealkylation sites (tertiary alicyclic amines) is 1. The second kappa shape index (κ2) is 14.3. The average molecular weight is 695 g/mol. The van der Waals surface area contributed by atoms with Gasteiger partial charge < -0.3 is 19.4 Å². The lowest BCUT2D eigenvalue weighted by molar-refractivity contribution is -0.131. The zero-order valence-corrected chi connectivity index (χ0v) is 28.0. The van der Waals surface area contributed by atoms with Crippen LogP contribution in [0, 0.1) is 17.1 Å². The van der Waals surface area contributed by atoms with Crippen LogP contribution in [-0.2, 0) is 4.79 Å². The molecule has 3 aromatic heterocycles. The number of hydrogen-bond donors (Lipinski definition) is 0. The Kier molecular flexibility index (Phi) is 9.52. The van der Waals surface area contributed by atoms with E-state index in [1.807, 2.05) is 36.2 Å². The van der Waals surface area contributed by atoms with E-state index in [-0.39, 0.29) is 49.3 Å². The van der Waals surface area contributed by atoms with Crippen molar-refractivity contribution in [3.63, 3.8) is 0 Å². The maximum Gasteiger partial charge on any atom is 0.319 e. The molecule has 1 amide bonds. The molecule has 0 aliphatic carbocycles. The molecule has 2 atom stereocenters. The molecular weight excluding hydrogens is 662 g/mol. The van der Waals surface area contributed by atoms with Gasteiger partial charge in [-0.15, -0.1) is 0 Å². The Labute approximate surface area is 292 Å². The van der Waals surface area contributed by atoms with E-state index in [1.165, 1.54) is 17.3 Å². The van der Waals surface area contributed by atoms with Crippen molar-refractivity contribution in [2.75, 3.05) is 44.7 Å². The van der Waals surface area contributed by atoms with Crippen LogP contribution in [-0.4, -0.2) is 87.6 Å². The number of halogens is 3. The number of piperazine rings is 1. The molecule has 2 unspecified atom stereocenters. The molecule has 0 spiro atoms. The van der Waals surface area contributed by atoms with Gasteiger partial charge in [-0.25, -0.2) is 8.78 Å². The van der Waals surface area contributed by atoms with E-state index in [9.17, 15) is 10.1 Å². The zero-order valence-electron chi connectivity index (χ0n) is 27.3. The lowest BCUT2D eigenvalue weighted by atomic mass is 10.0. The van der Waals surface area contributed by atoms with Gasteiger partial charge in [0.2, 0.25) is 0 Å². The van der Waals surface area contributed by atoms with Gasteiger partial charge in [-0.2, -0.15) is 15.2 Å². The largest absolute Gasteiger partial charge is 0.462 e. The molecule has 2 saturated heterocycles. The third kappa shape index (κ3) is 6.54. The van der Waals surface area contributed by atoms with Crippen LogP contribution in [0.1, 0.15) is 25.0 Å². The SMILES string of the molecule is CN1CCCC1COc1nc(N2CCN(C(=O)/C(F)=C/c3ccccn3)C(CC#N)C2)c2cnc(-c3cccc4cccc(Cl)c34)c(F)c2n1. The Morgan fingerprint density at radius 3 is 2.68 bits per heavy atom. The van der Waals surface area contributed by atoms with E-state index >= 15 is 8.78 Å². The van der Waals surface area contributed by atoms with Crippen molar-refractivity contribution < 1.29 is 18.3 Å². The molecular formula is C37H33ClF2N8O2. The number of fused-ring (bicyclic) bond motifs is 2. The van der Waals surface area contributed by atoms with E-state index in [2.05, 4.69) is 25.9 Å². The van der Waals surface area contributed by atoms with Crippen LogP contribution in [0.15, 0.2) is 72.8 Å². The maximum atomic E-state index is 16.8. The molecule has 0 radical (unpaired) electrons. The second-order valence-electron chi connectivity index (χ2n) is 12.5. The molecule has 0 N–H and O–H groups in total. The summed E-state index contributed by atoms with van der Waals surface area (Å²) in [5.41, 5.74) is 0.913. The molecule has 2 fully saturated rings. The topological polar surface area (TPSA) is 111 Å². The molecule has 0 saturated carbocycles.